The summed E-state index contributed by atoms with van der Waals surface area (Å²) < 4.78 is 11.2. The van der Waals surface area contributed by atoms with Crippen LogP contribution >= 0.6 is 0 Å². The highest BCUT2D eigenvalue weighted by molar-refractivity contribution is 7.84. The number of nitrogens with one attached hydrogen (secondary N) is 1. The lowest BCUT2D eigenvalue weighted by atomic mass is 9.81. The lowest BCUT2D eigenvalue weighted by Crippen LogP contribution is -2.35. The van der Waals surface area contributed by atoms with Crippen molar-refractivity contribution in [1.29, 1.82) is 0 Å². The molecule has 0 heterocycles. The van der Waals surface area contributed by atoms with E-state index in [4.69, 9.17) is 5.11 Å². The summed E-state index contributed by atoms with van der Waals surface area (Å²) in [5, 5.41) is 11.8. The van der Waals surface area contributed by atoms with Crippen molar-refractivity contribution in [1.82, 2.24) is 5.32 Å². The summed E-state index contributed by atoms with van der Waals surface area (Å²) in [6, 6.07) is 0. The minimum atomic E-state index is -0.856. The Labute approximate surface area is 116 Å². The van der Waals surface area contributed by atoms with Gasteiger partial charge in [-0.15, -0.1) is 0 Å². The summed E-state index contributed by atoms with van der Waals surface area (Å²) in [5.74, 6) is -1.08. The van der Waals surface area contributed by atoms with Crippen molar-refractivity contribution < 1.29 is 18.9 Å². The lowest BCUT2D eigenvalue weighted by molar-refractivity contribution is -0.144. The molecule has 0 saturated heterocycles. The fourth-order valence-corrected chi connectivity index (χ4v) is 2.76. The highest BCUT2D eigenvalue weighted by Crippen LogP contribution is 2.28. The van der Waals surface area contributed by atoms with Crippen molar-refractivity contribution in [2.45, 2.75) is 44.3 Å². The van der Waals surface area contributed by atoms with Gasteiger partial charge in [0.1, 0.15) is 0 Å². The highest BCUT2D eigenvalue weighted by atomic mass is 32.2. The molecular weight excluding hydrogens is 266 g/mol. The van der Waals surface area contributed by atoms with E-state index >= 15 is 0 Å². The van der Waals surface area contributed by atoms with Crippen LogP contribution in [0.2, 0.25) is 0 Å². The van der Waals surface area contributed by atoms with E-state index in [0.717, 1.165) is 0 Å². The standard InChI is InChI=1S/C13H23NO4S/c1-9(19(2)18)7-8-14-12(15)10-3-5-11(6-4-10)13(16)17/h9-11H,3-8H2,1-2H3,(H,14,15)(H,16,17). The quantitative estimate of drug-likeness (QED) is 0.768. The van der Waals surface area contributed by atoms with Gasteiger partial charge in [0.15, 0.2) is 0 Å². The van der Waals surface area contributed by atoms with E-state index in [-0.39, 0.29) is 23.0 Å². The number of hydrogen-bond acceptors (Lipinski definition) is 3. The minimum Gasteiger partial charge on any atom is -0.481 e. The third kappa shape index (κ3) is 5.30. The molecule has 0 aliphatic heterocycles. The number of carbonyl (C=O) groups excluding carboxylic acids is 1. The molecule has 0 spiro atoms. The Morgan fingerprint density at radius 3 is 2.26 bits per heavy atom. The number of rotatable bonds is 6. The second-order valence-corrected chi connectivity index (χ2v) is 7.08. The predicted octanol–water partition coefficient (Wildman–Crippen LogP) is 1.15. The summed E-state index contributed by atoms with van der Waals surface area (Å²) in [6.07, 6.45) is 4.85. The molecule has 1 aliphatic rings. The largest absolute Gasteiger partial charge is 0.481 e. The van der Waals surface area contributed by atoms with Gasteiger partial charge in [0.05, 0.1) is 5.92 Å². The predicted molar refractivity (Wildman–Crippen MR) is 74.2 cm³/mol. The lowest BCUT2D eigenvalue weighted by Gasteiger charge is -2.25. The first-order valence-corrected chi connectivity index (χ1v) is 8.36. The Morgan fingerprint density at radius 1 is 1.26 bits per heavy atom. The van der Waals surface area contributed by atoms with Gasteiger partial charge >= 0.3 is 5.97 Å². The third-order valence-electron chi connectivity index (χ3n) is 3.86. The number of amides is 1. The summed E-state index contributed by atoms with van der Waals surface area (Å²) in [4.78, 5) is 22.7. The molecule has 1 amide bonds. The van der Waals surface area contributed by atoms with Crippen LogP contribution in [-0.2, 0) is 20.4 Å². The zero-order valence-corrected chi connectivity index (χ0v) is 12.4. The summed E-state index contributed by atoms with van der Waals surface area (Å²) in [5.41, 5.74) is 0. The molecule has 0 aromatic heterocycles. The second-order valence-electron chi connectivity index (χ2n) is 5.28. The van der Waals surface area contributed by atoms with Crippen LogP contribution in [0.5, 0.6) is 0 Å². The zero-order valence-electron chi connectivity index (χ0n) is 11.6. The molecule has 2 atom stereocenters. The van der Waals surface area contributed by atoms with Crippen molar-refractivity contribution in [3.05, 3.63) is 0 Å². The fourth-order valence-electron chi connectivity index (χ4n) is 2.31. The smallest absolute Gasteiger partial charge is 0.306 e. The van der Waals surface area contributed by atoms with Crippen LogP contribution in [0.15, 0.2) is 0 Å². The normalized spacial score (nSPS) is 26.4. The number of carboxylic acid groups (broad SMARTS) is 1. The Kier molecular flexibility index (Phi) is 6.48. The molecule has 6 heteroatoms. The number of carboxylic acids is 1. The Bertz CT molecular complexity index is 351. The van der Waals surface area contributed by atoms with Gasteiger partial charge in [-0.1, -0.05) is 6.92 Å². The molecule has 1 saturated carbocycles. The Morgan fingerprint density at radius 2 is 1.79 bits per heavy atom. The molecule has 2 N–H and O–H groups in total. The molecule has 19 heavy (non-hydrogen) atoms. The van der Waals surface area contributed by atoms with E-state index in [0.29, 0.717) is 38.6 Å². The first-order valence-electron chi connectivity index (χ1n) is 6.74. The maximum Gasteiger partial charge on any atom is 0.306 e. The molecule has 1 rings (SSSR count). The fraction of sp³-hybridized carbons (Fsp3) is 0.846. The first-order chi connectivity index (χ1) is 8.91. The maximum atomic E-state index is 11.9. The van der Waals surface area contributed by atoms with Gasteiger partial charge in [0, 0.05) is 34.8 Å². The van der Waals surface area contributed by atoms with E-state index in [9.17, 15) is 13.8 Å². The molecule has 110 valence electrons. The molecule has 5 nitrogen and oxygen atoms in total. The Balaban J connectivity index is 2.24. The van der Waals surface area contributed by atoms with Crippen molar-refractivity contribution in [3.8, 4) is 0 Å². The van der Waals surface area contributed by atoms with Crippen LogP contribution in [0.4, 0.5) is 0 Å². The summed E-state index contributed by atoms with van der Waals surface area (Å²) in [7, 11) is -0.856. The summed E-state index contributed by atoms with van der Waals surface area (Å²) in [6.45, 7) is 2.44. The topological polar surface area (TPSA) is 83.5 Å². The van der Waals surface area contributed by atoms with Crippen LogP contribution in [0.3, 0.4) is 0 Å². The third-order valence-corrected chi connectivity index (χ3v) is 5.23. The van der Waals surface area contributed by atoms with Crippen LogP contribution in [-0.4, -0.2) is 39.2 Å². The van der Waals surface area contributed by atoms with Crippen LogP contribution in [0.25, 0.3) is 0 Å². The maximum absolute atomic E-state index is 11.9. The van der Waals surface area contributed by atoms with Gasteiger partial charge in [-0.25, -0.2) is 0 Å². The SMILES string of the molecule is CC(CCNC(=O)C1CCC(C(=O)O)CC1)S(C)=O. The average Bonchev–Trinajstić information content (AvgIpc) is 2.38. The van der Waals surface area contributed by atoms with Gasteiger partial charge in [0.2, 0.25) is 5.91 Å². The van der Waals surface area contributed by atoms with E-state index in [1.54, 1.807) is 6.26 Å². The number of aliphatic carboxylic acids is 1. The molecule has 0 aromatic rings. The number of carbonyl (C=O) groups is 2. The summed E-state index contributed by atoms with van der Waals surface area (Å²) >= 11 is 0. The second kappa shape index (κ2) is 7.62. The molecule has 0 bridgehead atoms. The Hall–Kier alpha value is -0.910. The monoisotopic (exact) mass is 289 g/mol. The van der Waals surface area contributed by atoms with E-state index in [1.807, 2.05) is 6.92 Å². The molecule has 0 aromatic carbocycles. The van der Waals surface area contributed by atoms with Crippen molar-refractivity contribution in [2.75, 3.05) is 12.8 Å². The molecule has 1 fully saturated rings. The minimum absolute atomic E-state index is 0.0120. The first kappa shape index (κ1) is 16.1. The number of hydrogen-bond donors (Lipinski definition) is 2. The van der Waals surface area contributed by atoms with Gasteiger partial charge in [-0.05, 0) is 32.1 Å². The van der Waals surface area contributed by atoms with E-state index in [2.05, 4.69) is 5.32 Å². The van der Waals surface area contributed by atoms with Gasteiger partial charge in [-0.3, -0.25) is 13.8 Å². The van der Waals surface area contributed by atoms with E-state index < -0.39 is 16.8 Å². The van der Waals surface area contributed by atoms with Crippen molar-refractivity contribution in [3.63, 3.8) is 0 Å². The van der Waals surface area contributed by atoms with Crippen LogP contribution in [0.1, 0.15) is 39.0 Å². The van der Waals surface area contributed by atoms with Crippen molar-refractivity contribution >= 4 is 22.7 Å². The molecule has 2 unspecified atom stereocenters. The van der Waals surface area contributed by atoms with Gasteiger partial charge < -0.3 is 10.4 Å². The van der Waals surface area contributed by atoms with Crippen molar-refractivity contribution in [2.24, 2.45) is 11.8 Å². The molecule has 1 aliphatic carbocycles. The highest BCUT2D eigenvalue weighted by Gasteiger charge is 2.29. The molecular formula is C13H23NO4S. The average molecular weight is 289 g/mol. The van der Waals surface area contributed by atoms with Gasteiger partial charge in [-0.2, -0.15) is 0 Å². The van der Waals surface area contributed by atoms with E-state index in [1.165, 1.54) is 0 Å². The zero-order chi connectivity index (χ0) is 14.4. The van der Waals surface area contributed by atoms with Crippen LogP contribution < -0.4 is 5.32 Å². The van der Waals surface area contributed by atoms with Gasteiger partial charge in [0.25, 0.3) is 0 Å². The van der Waals surface area contributed by atoms with Crippen LogP contribution in [0, 0.1) is 11.8 Å². The molecule has 0 radical (unpaired) electrons.